The van der Waals surface area contributed by atoms with Gasteiger partial charge in [-0.1, -0.05) is 50.1 Å². The summed E-state index contributed by atoms with van der Waals surface area (Å²) >= 11 is 0. The predicted molar refractivity (Wildman–Crippen MR) is 78.8 cm³/mol. The van der Waals surface area contributed by atoms with Crippen LogP contribution in [0, 0.1) is 5.92 Å². The van der Waals surface area contributed by atoms with Gasteiger partial charge in [0.2, 0.25) is 0 Å². The zero-order valence-electron chi connectivity index (χ0n) is 11.7. The summed E-state index contributed by atoms with van der Waals surface area (Å²) in [6.07, 6.45) is 9.49. The number of rotatable bonds is 5. The molecular formula is C17H27N. The third-order valence-corrected chi connectivity index (χ3v) is 4.18. The quantitative estimate of drug-likeness (QED) is 0.606. The van der Waals surface area contributed by atoms with E-state index in [1.165, 1.54) is 57.1 Å². The Morgan fingerprint density at radius 2 is 1.89 bits per heavy atom. The number of benzene rings is 1. The van der Waals surface area contributed by atoms with Gasteiger partial charge in [0.25, 0.3) is 0 Å². The molecule has 2 atom stereocenters. The molecule has 0 spiro atoms. The molecule has 1 saturated carbocycles. The molecule has 1 N–H and O–H groups in total. The fourth-order valence-corrected chi connectivity index (χ4v) is 2.93. The Balaban J connectivity index is 1.60. The van der Waals surface area contributed by atoms with Crippen LogP contribution in [0.2, 0.25) is 0 Å². The molecule has 0 saturated heterocycles. The lowest BCUT2D eigenvalue weighted by Crippen LogP contribution is -2.29. The van der Waals surface area contributed by atoms with Crippen LogP contribution in [0.4, 0.5) is 0 Å². The van der Waals surface area contributed by atoms with Crippen molar-refractivity contribution < 1.29 is 0 Å². The van der Waals surface area contributed by atoms with E-state index in [9.17, 15) is 0 Å². The molecule has 2 rings (SSSR count). The van der Waals surface area contributed by atoms with Crippen LogP contribution in [0.5, 0.6) is 0 Å². The van der Waals surface area contributed by atoms with Crippen molar-refractivity contribution >= 4 is 0 Å². The monoisotopic (exact) mass is 245 g/mol. The highest BCUT2D eigenvalue weighted by Crippen LogP contribution is 2.22. The van der Waals surface area contributed by atoms with Gasteiger partial charge in [-0.15, -0.1) is 0 Å². The van der Waals surface area contributed by atoms with Crippen molar-refractivity contribution in [2.45, 2.75) is 57.9 Å². The van der Waals surface area contributed by atoms with E-state index in [1.807, 2.05) is 0 Å². The van der Waals surface area contributed by atoms with E-state index >= 15 is 0 Å². The first kappa shape index (κ1) is 13.6. The average molecular weight is 245 g/mol. The van der Waals surface area contributed by atoms with Gasteiger partial charge >= 0.3 is 0 Å². The van der Waals surface area contributed by atoms with Gasteiger partial charge in [0.1, 0.15) is 0 Å². The number of aryl methyl sites for hydroxylation is 1. The lowest BCUT2D eigenvalue weighted by molar-refractivity contribution is 0.445. The maximum Gasteiger partial charge on any atom is 0.00671 e. The van der Waals surface area contributed by atoms with Crippen molar-refractivity contribution in [3.63, 3.8) is 0 Å². The maximum absolute atomic E-state index is 3.75. The number of nitrogens with one attached hydrogen (secondary N) is 1. The Labute approximate surface area is 112 Å². The number of hydrogen-bond donors (Lipinski definition) is 1. The molecule has 0 aliphatic heterocycles. The summed E-state index contributed by atoms with van der Waals surface area (Å²) in [5.74, 6) is 0.945. The lowest BCUT2D eigenvalue weighted by atomic mass is 10.0. The van der Waals surface area contributed by atoms with Gasteiger partial charge in [-0.05, 0) is 50.1 Å². The highest BCUT2D eigenvalue weighted by atomic mass is 14.9. The Kier molecular flexibility index (Phi) is 5.73. The molecule has 1 nitrogen and oxygen atoms in total. The molecule has 0 amide bonds. The first-order chi connectivity index (χ1) is 8.84. The zero-order chi connectivity index (χ0) is 12.6. The normalized spacial score (nSPS) is 24.7. The Morgan fingerprint density at radius 1 is 1.06 bits per heavy atom. The second-order valence-electron chi connectivity index (χ2n) is 5.85. The Bertz CT molecular complexity index is 320. The second kappa shape index (κ2) is 7.58. The van der Waals surface area contributed by atoms with E-state index in [-0.39, 0.29) is 0 Å². The van der Waals surface area contributed by atoms with E-state index in [1.54, 1.807) is 0 Å². The first-order valence-electron chi connectivity index (χ1n) is 7.62. The molecule has 1 aromatic carbocycles. The first-order valence-corrected chi connectivity index (χ1v) is 7.62. The van der Waals surface area contributed by atoms with Crippen molar-refractivity contribution in [3.05, 3.63) is 35.9 Å². The fraction of sp³-hybridized carbons (Fsp3) is 0.647. The van der Waals surface area contributed by atoms with Crippen molar-refractivity contribution in [1.82, 2.24) is 5.32 Å². The average Bonchev–Trinajstić information content (AvgIpc) is 2.61. The molecule has 18 heavy (non-hydrogen) atoms. The van der Waals surface area contributed by atoms with Crippen LogP contribution in [0.15, 0.2) is 30.3 Å². The van der Waals surface area contributed by atoms with Crippen LogP contribution in [-0.4, -0.2) is 12.6 Å². The van der Waals surface area contributed by atoms with E-state index in [4.69, 9.17) is 0 Å². The topological polar surface area (TPSA) is 12.0 Å². The second-order valence-corrected chi connectivity index (χ2v) is 5.85. The highest BCUT2D eigenvalue weighted by Gasteiger charge is 2.14. The summed E-state index contributed by atoms with van der Waals surface area (Å²) in [6, 6.07) is 11.6. The molecule has 2 unspecified atom stereocenters. The third kappa shape index (κ3) is 4.81. The Morgan fingerprint density at radius 3 is 2.72 bits per heavy atom. The van der Waals surface area contributed by atoms with Gasteiger partial charge in [0.15, 0.2) is 0 Å². The largest absolute Gasteiger partial charge is 0.314 e. The molecule has 1 fully saturated rings. The minimum atomic E-state index is 0.783. The Hall–Kier alpha value is -0.820. The van der Waals surface area contributed by atoms with E-state index in [2.05, 4.69) is 42.6 Å². The molecule has 1 aliphatic carbocycles. The van der Waals surface area contributed by atoms with Gasteiger partial charge in [-0.3, -0.25) is 0 Å². The molecule has 0 bridgehead atoms. The van der Waals surface area contributed by atoms with Crippen LogP contribution in [0.25, 0.3) is 0 Å². The van der Waals surface area contributed by atoms with Gasteiger partial charge < -0.3 is 5.32 Å². The summed E-state index contributed by atoms with van der Waals surface area (Å²) in [5, 5.41) is 3.75. The third-order valence-electron chi connectivity index (χ3n) is 4.18. The standard InChI is InChI=1S/C17H27N/c1-15-7-5-11-17(13-12-15)18-14-6-10-16-8-3-2-4-9-16/h2-4,8-9,15,17-18H,5-7,10-14H2,1H3. The highest BCUT2D eigenvalue weighted by molar-refractivity contribution is 5.14. The van der Waals surface area contributed by atoms with Crippen molar-refractivity contribution in [1.29, 1.82) is 0 Å². The predicted octanol–water partition coefficient (Wildman–Crippen LogP) is 4.18. The van der Waals surface area contributed by atoms with E-state index < -0.39 is 0 Å². The van der Waals surface area contributed by atoms with Gasteiger partial charge in [-0.2, -0.15) is 0 Å². The maximum atomic E-state index is 3.75. The summed E-state index contributed by atoms with van der Waals surface area (Å²) < 4.78 is 0. The molecule has 1 heteroatoms. The SMILES string of the molecule is CC1CCCC(NCCCc2ccccc2)CC1. The van der Waals surface area contributed by atoms with Crippen molar-refractivity contribution in [3.8, 4) is 0 Å². The smallest absolute Gasteiger partial charge is 0.00671 e. The summed E-state index contributed by atoms with van der Waals surface area (Å²) in [4.78, 5) is 0. The molecule has 1 aliphatic rings. The summed E-state index contributed by atoms with van der Waals surface area (Å²) in [7, 11) is 0. The number of hydrogen-bond acceptors (Lipinski definition) is 1. The zero-order valence-corrected chi connectivity index (χ0v) is 11.7. The molecule has 0 heterocycles. The van der Waals surface area contributed by atoms with Crippen LogP contribution >= 0.6 is 0 Å². The minimum Gasteiger partial charge on any atom is -0.314 e. The van der Waals surface area contributed by atoms with Gasteiger partial charge in [0, 0.05) is 6.04 Å². The van der Waals surface area contributed by atoms with Gasteiger partial charge in [-0.25, -0.2) is 0 Å². The van der Waals surface area contributed by atoms with Crippen LogP contribution in [0.3, 0.4) is 0 Å². The van der Waals surface area contributed by atoms with Crippen LogP contribution in [-0.2, 0) is 6.42 Å². The summed E-state index contributed by atoms with van der Waals surface area (Å²) in [5.41, 5.74) is 1.47. The minimum absolute atomic E-state index is 0.783. The van der Waals surface area contributed by atoms with Gasteiger partial charge in [0.05, 0.1) is 0 Å². The van der Waals surface area contributed by atoms with Crippen molar-refractivity contribution in [2.75, 3.05) is 6.54 Å². The van der Waals surface area contributed by atoms with E-state index in [0.717, 1.165) is 12.0 Å². The van der Waals surface area contributed by atoms with E-state index in [0.29, 0.717) is 0 Å². The molecular weight excluding hydrogens is 218 g/mol. The molecule has 100 valence electrons. The van der Waals surface area contributed by atoms with Crippen LogP contribution < -0.4 is 5.32 Å². The summed E-state index contributed by atoms with van der Waals surface area (Å²) in [6.45, 7) is 3.58. The lowest BCUT2D eigenvalue weighted by Gasteiger charge is -2.16. The molecule has 0 radical (unpaired) electrons. The fourth-order valence-electron chi connectivity index (χ4n) is 2.93. The molecule has 1 aromatic rings. The van der Waals surface area contributed by atoms with Crippen LogP contribution in [0.1, 0.15) is 51.0 Å². The van der Waals surface area contributed by atoms with Crippen molar-refractivity contribution in [2.24, 2.45) is 5.92 Å². The molecule has 0 aromatic heterocycles.